The van der Waals surface area contributed by atoms with Crippen molar-refractivity contribution >= 4 is 21.7 Å². The summed E-state index contributed by atoms with van der Waals surface area (Å²) in [6.07, 6.45) is 0. The van der Waals surface area contributed by atoms with Gasteiger partial charge in [0.05, 0.1) is 24.3 Å². The van der Waals surface area contributed by atoms with Crippen LogP contribution in [0.1, 0.15) is 15.9 Å². The standard InChI is InChI=1S/C15H13BrO4/c1-19-10-5-3-9(4-6-10)14(17)12-7-11(20-2)8-13(16)15(12)18/h3-8,18H,1-2H3. The largest absolute Gasteiger partial charge is 0.506 e. The molecule has 0 atom stereocenters. The smallest absolute Gasteiger partial charge is 0.196 e. The maximum atomic E-state index is 12.4. The molecule has 0 aromatic heterocycles. The zero-order valence-electron chi connectivity index (χ0n) is 11.0. The monoisotopic (exact) mass is 336 g/mol. The summed E-state index contributed by atoms with van der Waals surface area (Å²) in [5, 5.41) is 10.0. The first-order chi connectivity index (χ1) is 9.56. The lowest BCUT2D eigenvalue weighted by Gasteiger charge is -2.09. The molecule has 0 unspecified atom stereocenters. The quantitative estimate of drug-likeness (QED) is 0.869. The van der Waals surface area contributed by atoms with Crippen LogP contribution in [0.3, 0.4) is 0 Å². The molecule has 1 N–H and O–H groups in total. The van der Waals surface area contributed by atoms with Crippen molar-refractivity contribution in [2.24, 2.45) is 0 Å². The maximum Gasteiger partial charge on any atom is 0.196 e. The maximum absolute atomic E-state index is 12.4. The molecule has 0 bridgehead atoms. The predicted octanol–water partition coefficient (Wildman–Crippen LogP) is 3.40. The molecule has 5 heteroatoms. The van der Waals surface area contributed by atoms with E-state index in [2.05, 4.69) is 15.9 Å². The highest BCUT2D eigenvalue weighted by atomic mass is 79.9. The molecule has 0 spiro atoms. The molecular formula is C15H13BrO4. The SMILES string of the molecule is COc1ccc(C(=O)c2cc(OC)cc(Br)c2O)cc1. The molecule has 104 valence electrons. The number of hydrogen-bond donors (Lipinski definition) is 1. The molecule has 0 fully saturated rings. The number of carbonyl (C=O) groups is 1. The average Bonchev–Trinajstić information content (AvgIpc) is 2.49. The van der Waals surface area contributed by atoms with Crippen molar-refractivity contribution in [3.63, 3.8) is 0 Å². The number of phenols is 1. The fourth-order valence-electron chi connectivity index (χ4n) is 1.76. The van der Waals surface area contributed by atoms with Crippen molar-refractivity contribution in [1.29, 1.82) is 0 Å². The van der Waals surface area contributed by atoms with Crippen LogP contribution in [0.25, 0.3) is 0 Å². The molecule has 4 nitrogen and oxygen atoms in total. The molecule has 0 aliphatic rings. The molecule has 0 saturated heterocycles. The second kappa shape index (κ2) is 5.96. The molecule has 20 heavy (non-hydrogen) atoms. The van der Waals surface area contributed by atoms with Crippen molar-refractivity contribution in [3.05, 3.63) is 52.0 Å². The van der Waals surface area contributed by atoms with Crippen LogP contribution in [0.4, 0.5) is 0 Å². The van der Waals surface area contributed by atoms with Crippen LogP contribution in [0.2, 0.25) is 0 Å². The van der Waals surface area contributed by atoms with Crippen LogP contribution in [0.15, 0.2) is 40.9 Å². The van der Waals surface area contributed by atoms with Gasteiger partial charge in [0.15, 0.2) is 5.78 Å². The second-order valence-electron chi connectivity index (χ2n) is 4.06. The van der Waals surface area contributed by atoms with Crippen molar-refractivity contribution in [3.8, 4) is 17.2 Å². The lowest BCUT2D eigenvalue weighted by molar-refractivity contribution is 0.103. The summed E-state index contributed by atoms with van der Waals surface area (Å²) in [6, 6.07) is 9.79. The molecule has 0 radical (unpaired) electrons. The van der Waals surface area contributed by atoms with Gasteiger partial charge in [0.2, 0.25) is 0 Å². The number of aromatic hydroxyl groups is 1. The minimum absolute atomic E-state index is 0.105. The Kier molecular flexibility index (Phi) is 4.29. The van der Waals surface area contributed by atoms with Crippen molar-refractivity contribution in [2.75, 3.05) is 14.2 Å². The van der Waals surface area contributed by atoms with Gasteiger partial charge >= 0.3 is 0 Å². The topological polar surface area (TPSA) is 55.8 Å². The Morgan fingerprint density at radius 2 is 1.65 bits per heavy atom. The van der Waals surface area contributed by atoms with Crippen LogP contribution in [0, 0.1) is 0 Å². The highest BCUT2D eigenvalue weighted by Crippen LogP contribution is 2.34. The molecule has 2 aromatic rings. The van der Waals surface area contributed by atoms with Crippen LogP contribution in [-0.4, -0.2) is 25.1 Å². The van der Waals surface area contributed by atoms with Crippen LogP contribution < -0.4 is 9.47 Å². The van der Waals surface area contributed by atoms with Crippen LogP contribution in [-0.2, 0) is 0 Å². The van der Waals surface area contributed by atoms with Gasteiger partial charge in [0.1, 0.15) is 17.2 Å². The molecule has 0 aliphatic heterocycles. The number of hydrogen-bond acceptors (Lipinski definition) is 4. The molecule has 2 aromatic carbocycles. The van der Waals surface area contributed by atoms with Gasteiger partial charge in [-0.3, -0.25) is 4.79 Å². The first-order valence-corrected chi connectivity index (χ1v) is 6.61. The lowest BCUT2D eigenvalue weighted by atomic mass is 10.0. The number of ketones is 1. The van der Waals surface area contributed by atoms with E-state index in [9.17, 15) is 9.90 Å². The van der Waals surface area contributed by atoms with Crippen LogP contribution in [0.5, 0.6) is 17.2 Å². The zero-order valence-corrected chi connectivity index (χ0v) is 12.6. The van der Waals surface area contributed by atoms with E-state index in [4.69, 9.17) is 9.47 Å². The Morgan fingerprint density at radius 1 is 1.05 bits per heavy atom. The van der Waals surface area contributed by atoms with E-state index in [1.165, 1.54) is 13.2 Å². The van der Waals surface area contributed by atoms with E-state index in [1.54, 1.807) is 37.4 Å². The van der Waals surface area contributed by atoms with Gasteiger partial charge in [0.25, 0.3) is 0 Å². The van der Waals surface area contributed by atoms with E-state index in [1.807, 2.05) is 0 Å². The number of methoxy groups -OCH3 is 2. The Labute approximate surface area is 125 Å². The number of carbonyl (C=O) groups excluding carboxylic acids is 1. The van der Waals surface area contributed by atoms with E-state index < -0.39 is 0 Å². The summed E-state index contributed by atoms with van der Waals surface area (Å²) >= 11 is 3.20. The highest BCUT2D eigenvalue weighted by molar-refractivity contribution is 9.10. The molecular weight excluding hydrogens is 324 g/mol. The van der Waals surface area contributed by atoms with Gasteiger partial charge < -0.3 is 14.6 Å². The average molecular weight is 337 g/mol. The minimum atomic E-state index is -0.287. The van der Waals surface area contributed by atoms with E-state index in [0.717, 1.165) is 0 Å². The summed E-state index contributed by atoms with van der Waals surface area (Å²) in [5.74, 6) is 0.764. The van der Waals surface area contributed by atoms with Gasteiger partial charge in [-0.2, -0.15) is 0 Å². The second-order valence-corrected chi connectivity index (χ2v) is 4.92. The Hall–Kier alpha value is -2.01. The van der Waals surface area contributed by atoms with E-state index in [0.29, 0.717) is 21.5 Å². The molecule has 2 rings (SSSR count). The Bertz CT molecular complexity index is 635. The normalized spacial score (nSPS) is 10.2. The summed E-state index contributed by atoms with van der Waals surface area (Å²) in [7, 11) is 3.06. The summed E-state index contributed by atoms with van der Waals surface area (Å²) in [4.78, 5) is 12.4. The van der Waals surface area contributed by atoms with Gasteiger partial charge in [0, 0.05) is 5.56 Å². The van der Waals surface area contributed by atoms with Crippen molar-refractivity contribution < 1.29 is 19.4 Å². The number of benzene rings is 2. The zero-order chi connectivity index (χ0) is 14.7. The molecule has 0 amide bonds. The van der Waals surface area contributed by atoms with Gasteiger partial charge in [-0.25, -0.2) is 0 Å². The van der Waals surface area contributed by atoms with Crippen molar-refractivity contribution in [1.82, 2.24) is 0 Å². The Balaban J connectivity index is 2.44. The first kappa shape index (κ1) is 14.4. The van der Waals surface area contributed by atoms with Crippen LogP contribution >= 0.6 is 15.9 Å². The molecule has 0 heterocycles. The predicted molar refractivity (Wildman–Crippen MR) is 78.8 cm³/mol. The molecule has 0 aliphatic carbocycles. The lowest BCUT2D eigenvalue weighted by Crippen LogP contribution is -2.02. The summed E-state index contributed by atoms with van der Waals surface area (Å²) in [5.41, 5.74) is 0.641. The van der Waals surface area contributed by atoms with E-state index >= 15 is 0 Å². The fraction of sp³-hybridized carbons (Fsp3) is 0.133. The van der Waals surface area contributed by atoms with Gasteiger partial charge in [-0.1, -0.05) is 0 Å². The van der Waals surface area contributed by atoms with Crippen molar-refractivity contribution in [2.45, 2.75) is 0 Å². The Morgan fingerprint density at radius 3 is 2.20 bits per heavy atom. The van der Waals surface area contributed by atoms with E-state index in [-0.39, 0.29) is 17.1 Å². The number of rotatable bonds is 4. The third-order valence-electron chi connectivity index (χ3n) is 2.87. The third kappa shape index (κ3) is 2.77. The van der Waals surface area contributed by atoms with Gasteiger partial charge in [-0.05, 0) is 52.3 Å². The van der Waals surface area contributed by atoms with Gasteiger partial charge in [-0.15, -0.1) is 0 Å². The number of halogens is 1. The third-order valence-corrected chi connectivity index (χ3v) is 3.47. The highest BCUT2D eigenvalue weighted by Gasteiger charge is 2.17. The number of ether oxygens (including phenoxy) is 2. The molecule has 0 saturated carbocycles. The minimum Gasteiger partial charge on any atom is -0.506 e. The summed E-state index contributed by atoms with van der Waals surface area (Å²) < 4.78 is 10.6. The first-order valence-electron chi connectivity index (χ1n) is 5.82. The summed E-state index contributed by atoms with van der Waals surface area (Å²) in [6.45, 7) is 0. The number of phenolic OH excluding ortho intramolecular Hbond substituents is 1. The fourth-order valence-corrected chi connectivity index (χ4v) is 2.20.